The normalized spacial score (nSPS) is 20.7. The van der Waals surface area contributed by atoms with Crippen molar-refractivity contribution in [1.29, 1.82) is 0 Å². The van der Waals surface area contributed by atoms with Crippen LogP contribution in [0.1, 0.15) is 12.5 Å². The summed E-state index contributed by atoms with van der Waals surface area (Å²) in [7, 11) is 2.75. The Morgan fingerprint density at radius 2 is 1.58 bits per heavy atom. The van der Waals surface area contributed by atoms with E-state index in [0.29, 0.717) is 11.1 Å². The minimum absolute atomic E-state index is 0.374. The first-order chi connectivity index (χ1) is 8.98. The van der Waals surface area contributed by atoms with Crippen molar-refractivity contribution in [3.8, 4) is 0 Å². The van der Waals surface area contributed by atoms with Crippen LogP contribution in [-0.2, 0) is 9.47 Å². The maximum Gasteiger partial charge on any atom is 0.251 e. The molecule has 0 unspecified atom stereocenters. The van der Waals surface area contributed by atoms with Crippen LogP contribution in [0.25, 0.3) is 5.57 Å². The van der Waals surface area contributed by atoms with Gasteiger partial charge in [-0.05, 0) is 24.1 Å². The van der Waals surface area contributed by atoms with Gasteiger partial charge in [-0.15, -0.1) is 0 Å². The summed E-state index contributed by atoms with van der Waals surface area (Å²) in [5, 5.41) is 21.1. The van der Waals surface area contributed by atoms with Crippen molar-refractivity contribution >= 4 is 5.57 Å². The van der Waals surface area contributed by atoms with Crippen molar-refractivity contribution < 1.29 is 19.7 Å². The number of benzene rings is 1. The molecular weight excluding hydrogens is 244 g/mol. The third kappa shape index (κ3) is 2.03. The first kappa shape index (κ1) is 14.0. The van der Waals surface area contributed by atoms with E-state index in [4.69, 9.17) is 9.47 Å². The quantitative estimate of drug-likeness (QED) is 0.814. The highest BCUT2D eigenvalue weighted by Crippen LogP contribution is 2.42. The van der Waals surface area contributed by atoms with E-state index >= 15 is 0 Å². The van der Waals surface area contributed by atoms with Gasteiger partial charge in [0.05, 0.1) is 0 Å². The monoisotopic (exact) mass is 262 g/mol. The molecule has 0 saturated carbocycles. The molecule has 1 aromatic carbocycles. The summed E-state index contributed by atoms with van der Waals surface area (Å²) in [5.41, 5.74) is 1.84. The maximum atomic E-state index is 10.6. The van der Waals surface area contributed by atoms with Gasteiger partial charge < -0.3 is 19.7 Å². The molecule has 4 heteroatoms. The average molecular weight is 262 g/mol. The van der Waals surface area contributed by atoms with Gasteiger partial charge in [0, 0.05) is 19.8 Å². The van der Waals surface area contributed by atoms with E-state index in [1.54, 1.807) is 6.08 Å². The molecule has 4 nitrogen and oxygen atoms in total. The van der Waals surface area contributed by atoms with Crippen LogP contribution < -0.4 is 0 Å². The van der Waals surface area contributed by atoms with Gasteiger partial charge in [-0.25, -0.2) is 0 Å². The van der Waals surface area contributed by atoms with Crippen molar-refractivity contribution in [2.75, 3.05) is 14.2 Å². The summed E-state index contributed by atoms with van der Waals surface area (Å²) in [6.07, 6.45) is 3.27. The fraction of sp³-hybridized carbons (Fsp3) is 0.333. The molecule has 0 bridgehead atoms. The summed E-state index contributed by atoms with van der Waals surface area (Å²) in [4.78, 5) is 0. The molecule has 1 aliphatic carbocycles. The number of ether oxygens (including phenoxy) is 2. The summed E-state index contributed by atoms with van der Waals surface area (Å²) in [5.74, 6) is -3.88. The molecule has 0 atom stereocenters. The Bertz CT molecular complexity index is 510. The first-order valence-corrected chi connectivity index (χ1v) is 5.99. The number of allylic oxidation sites excluding steroid dienone is 2. The van der Waals surface area contributed by atoms with Crippen molar-refractivity contribution in [3.63, 3.8) is 0 Å². The number of aliphatic hydroxyl groups is 2. The largest absolute Gasteiger partial charge is 0.357 e. The van der Waals surface area contributed by atoms with Crippen molar-refractivity contribution in [3.05, 3.63) is 53.6 Å². The molecule has 0 fully saturated rings. The highest BCUT2D eigenvalue weighted by atomic mass is 16.7. The Morgan fingerprint density at radius 1 is 1.00 bits per heavy atom. The predicted molar refractivity (Wildman–Crippen MR) is 72.1 cm³/mol. The topological polar surface area (TPSA) is 58.9 Å². The highest BCUT2D eigenvalue weighted by molar-refractivity contribution is 5.78. The second-order valence-electron chi connectivity index (χ2n) is 4.51. The van der Waals surface area contributed by atoms with E-state index in [-0.39, 0.29) is 0 Å². The van der Waals surface area contributed by atoms with Gasteiger partial charge in [0.25, 0.3) is 5.79 Å². The van der Waals surface area contributed by atoms with Crippen LogP contribution in [0.2, 0.25) is 0 Å². The lowest BCUT2D eigenvalue weighted by atomic mass is 9.83. The summed E-state index contributed by atoms with van der Waals surface area (Å²) < 4.78 is 10.4. The molecular formula is C15H18O4. The number of hydrogen-bond donors (Lipinski definition) is 2. The lowest BCUT2D eigenvalue weighted by Gasteiger charge is -2.43. The Morgan fingerprint density at radius 3 is 2.11 bits per heavy atom. The maximum absolute atomic E-state index is 10.6. The average Bonchev–Trinajstić information content (AvgIpc) is 2.40. The minimum atomic E-state index is -2.27. The Hall–Kier alpha value is -1.46. The van der Waals surface area contributed by atoms with Gasteiger partial charge in [0.2, 0.25) is 5.79 Å². The lowest BCUT2D eigenvalue weighted by Crippen LogP contribution is -2.57. The van der Waals surface area contributed by atoms with Gasteiger partial charge in [-0.2, -0.15) is 0 Å². The zero-order valence-corrected chi connectivity index (χ0v) is 11.3. The van der Waals surface area contributed by atoms with Crippen LogP contribution in [-0.4, -0.2) is 36.0 Å². The molecule has 1 aromatic rings. The first-order valence-electron chi connectivity index (χ1n) is 5.99. The Balaban J connectivity index is 2.61. The summed E-state index contributed by atoms with van der Waals surface area (Å²) in [6, 6.07) is 9.18. The molecule has 1 aliphatic rings. The van der Waals surface area contributed by atoms with Crippen LogP contribution >= 0.6 is 0 Å². The standard InChI is InChI=1S/C15H18O4/c1-11-9-10-14(18-2,19-3)15(16,17)13(11)12-7-5-4-6-8-12/h4-10,16-17H,1-3H3. The van der Waals surface area contributed by atoms with Crippen LogP contribution in [0.5, 0.6) is 0 Å². The van der Waals surface area contributed by atoms with Crippen LogP contribution in [0.15, 0.2) is 48.1 Å². The molecule has 0 aliphatic heterocycles. The van der Waals surface area contributed by atoms with Crippen LogP contribution in [0.4, 0.5) is 0 Å². The van der Waals surface area contributed by atoms with Gasteiger partial charge in [0.15, 0.2) is 0 Å². The zero-order valence-electron chi connectivity index (χ0n) is 11.3. The van der Waals surface area contributed by atoms with E-state index in [9.17, 15) is 10.2 Å². The summed E-state index contributed by atoms with van der Waals surface area (Å²) in [6.45, 7) is 1.81. The molecule has 0 heterocycles. The van der Waals surface area contributed by atoms with Gasteiger partial charge in [-0.1, -0.05) is 36.4 Å². The third-order valence-corrected chi connectivity index (χ3v) is 3.45. The van der Waals surface area contributed by atoms with Crippen molar-refractivity contribution in [2.24, 2.45) is 0 Å². The molecule has 19 heavy (non-hydrogen) atoms. The fourth-order valence-corrected chi connectivity index (χ4v) is 2.42. The van der Waals surface area contributed by atoms with Crippen molar-refractivity contribution in [1.82, 2.24) is 0 Å². The fourth-order valence-electron chi connectivity index (χ4n) is 2.42. The molecule has 2 rings (SSSR count). The van der Waals surface area contributed by atoms with E-state index in [1.165, 1.54) is 20.3 Å². The second-order valence-corrected chi connectivity index (χ2v) is 4.51. The van der Waals surface area contributed by atoms with E-state index in [1.807, 2.05) is 37.3 Å². The summed E-state index contributed by atoms with van der Waals surface area (Å²) >= 11 is 0. The number of hydrogen-bond acceptors (Lipinski definition) is 4. The van der Waals surface area contributed by atoms with Gasteiger partial charge >= 0.3 is 0 Å². The molecule has 0 saturated heterocycles. The Labute approximate surface area is 112 Å². The third-order valence-electron chi connectivity index (χ3n) is 3.45. The molecule has 102 valence electrons. The van der Waals surface area contributed by atoms with E-state index in [0.717, 1.165) is 5.57 Å². The van der Waals surface area contributed by atoms with Gasteiger partial charge in [0.1, 0.15) is 0 Å². The molecule has 0 radical (unpaired) electrons. The highest BCUT2D eigenvalue weighted by Gasteiger charge is 2.54. The molecule has 2 N–H and O–H groups in total. The van der Waals surface area contributed by atoms with Crippen LogP contribution in [0.3, 0.4) is 0 Å². The number of methoxy groups -OCH3 is 2. The molecule has 0 aromatic heterocycles. The SMILES string of the molecule is COC1(OC)C=CC(C)=C(c2ccccc2)C1(O)O. The van der Waals surface area contributed by atoms with Crippen LogP contribution in [0, 0.1) is 0 Å². The smallest absolute Gasteiger partial charge is 0.251 e. The zero-order chi connectivity index (χ0) is 14.1. The van der Waals surface area contributed by atoms with Crippen molar-refractivity contribution in [2.45, 2.75) is 18.5 Å². The van der Waals surface area contributed by atoms with E-state index < -0.39 is 11.6 Å². The second kappa shape index (κ2) is 4.90. The van der Waals surface area contributed by atoms with E-state index in [2.05, 4.69) is 0 Å². The Kier molecular flexibility index (Phi) is 3.60. The number of rotatable bonds is 3. The minimum Gasteiger partial charge on any atom is -0.357 e. The lowest BCUT2D eigenvalue weighted by molar-refractivity contribution is -0.322. The molecule has 0 spiro atoms. The predicted octanol–water partition coefficient (Wildman–Crippen LogP) is 1.70. The molecule has 0 amide bonds. The van der Waals surface area contributed by atoms with Gasteiger partial charge in [-0.3, -0.25) is 0 Å².